The maximum absolute atomic E-state index is 12.9. The van der Waals surface area contributed by atoms with Crippen LogP contribution >= 0.6 is 11.3 Å². The van der Waals surface area contributed by atoms with Gasteiger partial charge in [0.25, 0.3) is 0 Å². The molecule has 24 heavy (non-hydrogen) atoms. The van der Waals surface area contributed by atoms with E-state index in [1.807, 2.05) is 41.4 Å². The third-order valence-corrected chi connectivity index (χ3v) is 5.43. The number of ketones is 1. The molecular formula is C19H24N2OS2. The second-order valence-corrected chi connectivity index (χ2v) is 7.01. The molecule has 0 amide bonds. The fraction of sp³-hybridized carbons (Fsp3) is 0.421. The van der Waals surface area contributed by atoms with E-state index in [-0.39, 0.29) is 5.78 Å². The third kappa shape index (κ3) is 4.28. The molecule has 3 nitrogen and oxygen atoms in total. The average molecular weight is 361 g/mol. The van der Waals surface area contributed by atoms with Crippen LogP contribution in [-0.2, 0) is 12.6 Å². The molecule has 2 heterocycles. The SMILES string of the molecule is CCN=C([S-])[C@@H](C(=O)c1cccs1)[n+]1ccc(C(CC)CC)cc1. The molecule has 128 valence electrons. The number of aliphatic imine (C=N–C) groups is 1. The van der Waals surface area contributed by atoms with E-state index in [9.17, 15) is 4.79 Å². The molecule has 0 saturated heterocycles. The number of carbonyl (C=O) groups excluding carboxylic acids is 1. The Kier molecular flexibility index (Phi) is 7.06. The van der Waals surface area contributed by atoms with Crippen LogP contribution in [0, 0.1) is 0 Å². The van der Waals surface area contributed by atoms with Crippen molar-refractivity contribution in [1.29, 1.82) is 0 Å². The number of rotatable bonds is 8. The van der Waals surface area contributed by atoms with E-state index >= 15 is 0 Å². The van der Waals surface area contributed by atoms with Crippen molar-refractivity contribution in [2.24, 2.45) is 4.99 Å². The smallest absolute Gasteiger partial charge is 0.244 e. The summed E-state index contributed by atoms with van der Waals surface area (Å²) in [6.07, 6.45) is 6.14. The Labute approximate surface area is 153 Å². The predicted molar refractivity (Wildman–Crippen MR) is 103 cm³/mol. The third-order valence-electron chi connectivity index (χ3n) is 4.19. The largest absolute Gasteiger partial charge is 0.758 e. The van der Waals surface area contributed by atoms with Crippen molar-refractivity contribution >= 4 is 34.8 Å². The molecule has 5 heteroatoms. The van der Waals surface area contributed by atoms with Gasteiger partial charge in [0.1, 0.15) is 0 Å². The van der Waals surface area contributed by atoms with Gasteiger partial charge < -0.3 is 17.6 Å². The molecule has 0 aliphatic carbocycles. The van der Waals surface area contributed by atoms with Gasteiger partial charge in [0.15, 0.2) is 12.4 Å². The maximum Gasteiger partial charge on any atom is 0.244 e. The highest BCUT2D eigenvalue weighted by Gasteiger charge is 2.29. The van der Waals surface area contributed by atoms with Gasteiger partial charge in [-0.1, -0.05) is 19.9 Å². The number of pyridine rings is 1. The van der Waals surface area contributed by atoms with Gasteiger partial charge in [-0.2, -0.15) is 4.57 Å². The fourth-order valence-electron chi connectivity index (χ4n) is 2.82. The molecule has 2 rings (SSSR count). The molecule has 0 N–H and O–H groups in total. The van der Waals surface area contributed by atoms with Crippen molar-refractivity contribution in [1.82, 2.24) is 0 Å². The van der Waals surface area contributed by atoms with Gasteiger partial charge in [-0.25, -0.2) is 0 Å². The molecule has 2 aromatic rings. The summed E-state index contributed by atoms with van der Waals surface area (Å²) in [4.78, 5) is 17.9. The number of Topliss-reactive ketones (excluding diaryl/α,β-unsaturated/α-hetero) is 1. The van der Waals surface area contributed by atoms with Crippen LogP contribution in [0.2, 0.25) is 0 Å². The van der Waals surface area contributed by atoms with Gasteiger partial charge in [-0.05, 0) is 47.7 Å². The first-order valence-corrected chi connectivity index (χ1v) is 9.70. The lowest BCUT2D eigenvalue weighted by Crippen LogP contribution is -2.47. The van der Waals surface area contributed by atoms with Crippen molar-refractivity contribution in [3.05, 3.63) is 52.5 Å². The topological polar surface area (TPSA) is 33.3 Å². The molecule has 0 aliphatic rings. The number of hydrogen-bond acceptors (Lipinski definition) is 4. The monoisotopic (exact) mass is 360 g/mol. The normalized spacial score (nSPS) is 13.2. The first-order valence-electron chi connectivity index (χ1n) is 8.42. The first-order chi connectivity index (χ1) is 11.6. The molecular weight excluding hydrogens is 336 g/mol. The second-order valence-electron chi connectivity index (χ2n) is 5.65. The molecule has 0 bridgehead atoms. The van der Waals surface area contributed by atoms with Crippen LogP contribution in [0.15, 0.2) is 47.0 Å². The summed E-state index contributed by atoms with van der Waals surface area (Å²) in [5, 5.41) is 2.35. The van der Waals surface area contributed by atoms with E-state index in [1.165, 1.54) is 16.9 Å². The summed E-state index contributed by atoms with van der Waals surface area (Å²) in [5.74, 6) is 0.561. The Bertz CT molecular complexity index is 674. The summed E-state index contributed by atoms with van der Waals surface area (Å²) in [6, 6.07) is 7.38. The number of aromatic nitrogens is 1. The fourth-order valence-corrected chi connectivity index (χ4v) is 3.87. The van der Waals surface area contributed by atoms with Gasteiger partial charge in [0.2, 0.25) is 11.8 Å². The van der Waals surface area contributed by atoms with Crippen LogP contribution in [0.25, 0.3) is 0 Å². The molecule has 0 aliphatic heterocycles. The Morgan fingerprint density at radius 3 is 2.38 bits per heavy atom. The van der Waals surface area contributed by atoms with Crippen molar-refractivity contribution in [3.63, 3.8) is 0 Å². The number of nitrogens with zero attached hydrogens (tertiary/aromatic N) is 2. The Morgan fingerprint density at radius 1 is 1.21 bits per heavy atom. The van der Waals surface area contributed by atoms with E-state index in [1.54, 1.807) is 0 Å². The Morgan fingerprint density at radius 2 is 1.88 bits per heavy atom. The van der Waals surface area contributed by atoms with Gasteiger partial charge in [0.05, 0.1) is 4.88 Å². The summed E-state index contributed by atoms with van der Waals surface area (Å²) in [5.41, 5.74) is 1.30. The Hall–Kier alpha value is -1.59. The molecule has 0 aromatic carbocycles. The summed E-state index contributed by atoms with van der Waals surface area (Å²) < 4.78 is 1.88. The molecule has 2 aromatic heterocycles. The molecule has 0 fully saturated rings. The molecule has 0 radical (unpaired) electrons. The maximum atomic E-state index is 12.9. The van der Waals surface area contributed by atoms with E-state index in [0.29, 0.717) is 22.4 Å². The highest BCUT2D eigenvalue weighted by atomic mass is 32.1. The van der Waals surface area contributed by atoms with Crippen LogP contribution in [0.4, 0.5) is 0 Å². The number of carbonyl (C=O) groups is 1. The van der Waals surface area contributed by atoms with Gasteiger partial charge >= 0.3 is 0 Å². The Balaban J connectivity index is 2.37. The van der Waals surface area contributed by atoms with E-state index in [2.05, 4.69) is 31.0 Å². The molecule has 0 unspecified atom stereocenters. The zero-order chi connectivity index (χ0) is 17.5. The van der Waals surface area contributed by atoms with E-state index in [0.717, 1.165) is 12.8 Å². The highest BCUT2D eigenvalue weighted by molar-refractivity contribution is 7.77. The molecule has 1 atom stereocenters. The van der Waals surface area contributed by atoms with Gasteiger partial charge in [0, 0.05) is 18.7 Å². The molecule has 0 saturated carbocycles. The molecule has 0 spiro atoms. The van der Waals surface area contributed by atoms with Crippen molar-refractivity contribution in [2.75, 3.05) is 6.54 Å². The minimum absolute atomic E-state index is 0.00693. The van der Waals surface area contributed by atoms with E-state index < -0.39 is 6.04 Å². The zero-order valence-electron chi connectivity index (χ0n) is 14.4. The van der Waals surface area contributed by atoms with Gasteiger partial charge in [-0.15, -0.1) is 11.3 Å². The number of hydrogen-bond donors (Lipinski definition) is 0. The zero-order valence-corrected chi connectivity index (χ0v) is 16.1. The lowest BCUT2D eigenvalue weighted by molar-refractivity contribution is -0.691. The van der Waals surface area contributed by atoms with Crippen molar-refractivity contribution in [3.8, 4) is 0 Å². The predicted octanol–water partition coefficient (Wildman–Crippen LogP) is 4.33. The highest BCUT2D eigenvalue weighted by Crippen LogP contribution is 2.22. The van der Waals surface area contributed by atoms with Gasteiger partial charge in [-0.3, -0.25) is 4.79 Å². The lowest BCUT2D eigenvalue weighted by atomic mass is 9.95. The summed E-state index contributed by atoms with van der Waals surface area (Å²) in [7, 11) is 0. The number of thiophene rings is 1. The van der Waals surface area contributed by atoms with Crippen LogP contribution in [-0.4, -0.2) is 17.4 Å². The first kappa shape index (κ1) is 18.7. The van der Waals surface area contributed by atoms with Crippen LogP contribution < -0.4 is 4.57 Å². The summed E-state index contributed by atoms with van der Waals surface area (Å²) >= 11 is 6.87. The quantitative estimate of drug-likeness (QED) is 0.231. The van der Waals surface area contributed by atoms with E-state index in [4.69, 9.17) is 12.6 Å². The van der Waals surface area contributed by atoms with Crippen molar-refractivity contribution < 1.29 is 9.36 Å². The van der Waals surface area contributed by atoms with Crippen LogP contribution in [0.1, 0.15) is 60.8 Å². The van der Waals surface area contributed by atoms with Crippen LogP contribution in [0.3, 0.4) is 0 Å². The van der Waals surface area contributed by atoms with Crippen molar-refractivity contribution in [2.45, 2.75) is 45.6 Å². The lowest BCUT2D eigenvalue weighted by Gasteiger charge is -2.18. The minimum atomic E-state index is -0.547. The standard InChI is InChI=1S/C19H24N2OS2/c1-4-14(5-2)15-9-11-21(12-10-15)17(19(23)20-6-3)18(22)16-8-7-13-24-16/h7-14,17H,4-6H2,1-3H3/t17-/m1/s1. The summed E-state index contributed by atoms with van der Waals surface area (Å²) in [6.45, 7) is 6.92. The minimum Gasteiger partial charge on any atom is -0.758 e. The second kappa shape index (κ2) is 9.04. The average Bonchev–Trinajstić information content (AvgIpc) is 3.12. The van der Waals surface area contributed by atoms with Crippen LogP contribution in [0.5, 0.6) is 0 Å².